The van der Waals surface area contributed by atoms with E-state index >= 15 is 0 Å². The molecule has 2 aliphatic heterocycles. The molecule has 2 aromatic carbocycles. The first-order valence-corrected chi connectivity index (χ1v) is 15.6. The van der Waals surface area contributed by atoms with Crippen molar-refractivity contribution < 1.29 is 19.8 Å². The number of carbonyl (C=O) groups excluding carboxylic acids is 1. The maximum absolute atomic E-state index is 13.4. The standard InChI is InChI=1S/C35H36N8O4/c1-20-24(6-4-8-26(20)40-34(45)33-39-28-19-41(2)13-11-29(28)42(33)3)25-7-5-9-27(31(25)44)38-32-30-22(10-12-36-32)14-21(15-37-30)16-43-17-23(18-43)35(46)47/h4-10,12,14-15,23,44H,11,13,16-19H2,1-3H3,(H,36,38)(H,40,45)(H,46,47). The summed E-state index contributed by atoms with van der Waals surface area (Å²) in [5, 5.41) is 27.8. The van der Waals surface area contributed by atoms with Crippen LogP contribution in [0.4, 0.5) is 17.2 Å². The maximum atomic E-state index is 13.4. The molecule has 12 heteroatoms. The number of phenols is 1. The zero-order valence-electron chi connectivity index (χ0n) is 26.5. The number of imidazole rings is 1. The molecule has 7 rings (SSSR count). The number of nitrogens with one attached hydrogen (secondary N) is 2. The minimum Gasteiger partial charge on any atom is -0.505 e. The van der Waals surface area contributed by atoms with Crippen LogP contribution in [0.2, 0.25) is 0 Å². The summed E-state index contributed by atoms with van der Waals surface area (Å²) in [5.74, 6) is -0.430. The smallest absolute Gasteiger partial charge is 0.309 e. The fourth-order valence-corrected chi connectivity index (χ4v) is 6.49. The third kappa shape index (κ3) is 5.77. The lowest BCUT2D eigenvalue weighted by Crippen LogP contribution is -2.49. The van der Waals surface area contributed by atoms with E-state index in [0.717, 1.165) is 53.0 Å². The van der Waals surface area contributed by atoms with Gasteiger partial charge in [0.25, 0.3) is 5.91 Å². The quantitative estimate of drug-likeness (QED) is 0.180. The number of aromatic hydroxyl groups is 1. The van der Waals surface area contributed by atoms with Crippen LogP contribution in [-0.4, -0.2) is 78.1 Å². The highest BCUT2D eigenvalue weighted by atomic mass is 16.4. The summed E-state index contributed by atoms with van der Waals surface area (Å²) < 4.78 is 1.89. The van der Waals surface area contributed by atoms with Crippen LogP contribution in [0, 0.1) is 12.8 Å². The lowest BCUT2D eigenvalue weighted by molar-refractivity contribution is -0.147. The number of amides is 1. The number of aliphatic carboxylic acids is 1. The third-order valence-electron chi connectivity index (χ3n) is 9.18. The summed E-state index contributed by atoms with van der Waals surface area (Å²) in [6.45, 7) is 5.25. The Morgan fingerprint density at radius 1 is 1.02 bits per heavy atom. The van der Waals surface area contributed by atoms with Gasteiger partial charge in [0, 0.05) is 80.9 Å². The van der Waals surface area contributed by atoms with Crippen molar-refractivity contribution >= 4 is 40.0 Å². The Morgan fingerprint density at radius 3 is 2.57 bits per heavy atom. The number of fused-ring (bicyclic) bond motifs is 2. The predicted molar refractivity (Wildman–Crippen MR) is 179 cm³/mol. The van der Waals surface area contributed by atoms with E-state index in [1.807, 2.05) is 68.1 Å². The number of nitrogens with zero attached hydrogens (tertiary/aromatic N) is 6. The number of carboxylic acid groups (broad SMARTS) is 1. The zero-order valence-corrected chi connectivity index (χ0v) is 26.5. The van der Waals surface area contributed by atoms with Crippen molar-refractivity contribution in [3.05, 3.63) is 89.3 Å². The van der Waals surface area contributed by atoms with Crippen molar-refractivity contribution in [2.75, 3.05) is 37.3 Å². The monoisotopic (exact) mass is 632 g/mol. The number of para-hydroxylation sites is 1. The minimum atomic E-state index is -0.756. The minimum absolute atomic E-state index is 0.0427. The van der Waals surface area contributed by atoms with Crippen LogP contribution in [0.5, 0.6) is 5.75 Å². The van der Waals surface area contributed by atoms with Crippen molar-refractivity contribution in [3.63, 3.8) is 0 Å². The van der Waals surface area contributed by atoms with Gasteiger partial charge in [-0.2, -0.15) is 0 Å². The zero-order chi connectivity index (χ0) is 32.8. The highest BCUT2D eigenvalue weighted by Crippen LogP contribution is 2.40. The van der Waals surface area contributed by atoms with Crippen LogP contribution in [0.1, 0.15) is 33.1 Å². The molecule has 3 aromatic heterocycles. The normalized spacial score (nSPS) is 15.3. The number of carboxylic acids is 1. The molecule has 1 fully saturated rings. The molecule has 0 radical (unpaired) electrons. The van der Waals surface area contributed by atoms with Crippen molar-refractivity contribution in [1.82, 2.24) is 29.3 Å². The van der Waals surface area contributed by atoms with E-state index in [4.69, 9.17) is 5.11 Å². The number of anilines is 3. The van der Waals surface area contributed by atoms with Gasteiger partial charge in [0.05, 0.1) is 17.3 Å². The van der Waals surface area contributed by atoms with E-state index in [1.54, 1.807) is 18.5 Å². The number of hydrogen-bond acceptors (Lipinski definition) is 9. The number of likely N-dealkylation sites (N-methyl/N-ethyl adjacent to an activating group) is 1. The first-order valence-electron chi connectivity index (χ1n) is 15.6. The molecule has 240 valence electrons. The molecular formula is C35H36N8O4. The molecule has 0 unspecified atom stereocenters. The number of pyridine rings is 2. The van der Waals surface area contributed by atoms with Crippen LogP contribution in [0.15, 0.2) is 60.9 Å². The van der Waals surface area contributed by atoms with Gasteiger partial charge in [0.1, 0.15) is 11.3 Å². The van der Waals surface area contributed by atoms with Crippen LogP contribution in [0.25, 0.3) is 22.0 Å². The van der Waals surface area contributed by atoms with Crippen LogP contribution in [0.3, 0.4) is 0 Å². The Balaban J connectivity index is 1.11. The maximum Gasteiger partial charge on any atom is 0.309 e. The fourth-order valence-electron chi connectivity index (χ4n) is 6.49. The van der Waals surface area contributed by atoms with Gasteiger partial charge in [-0.15, -0.1) is 0 Å². The molecule has 5 aromatic rings. The van der Waals surface area contributed by atoms with Gasteiger partial charge >= 0.3 is 5.97 Å². The third-order valence-corrected chi connectivity index (χ3v) is 9.18. The van der Waals surface area contributed by atoms with Crippen molar-refractivity contribution in [1.29, 1.82) is 0 Å². The Labute approximate surface area is 271 Å². The molecule has 1 amide bonds. The lowest BCUT2D eigenvalue weighted by atomic mass is 9.97. The summed E-state index contributed by atoms with van der Waals surface area (Å²) >= 11 is 0. The second-order valence-corrected chi connectivity index (χ2v) is 12.4. The Morgan fingerprint density at radius 2 is 1.79 bits per heavy atom. The highest BCUT2D eigenvalue weighted by Gasteiger charge is 2.32. The number of likely N-dealkylation sites (tertiary alicyclic amines) is 1. The number of benzene rings is 2. The summed E-state index contributed by atoms with van der Waals surface area (Å²) in [5.41, 5.74) is 6.94. The topological polar surface area (TPSA) is 149 Å². The van der Waals surface area contributed by atoms with Gasteiger partial charge < -0.3 is 30.3 Å². The van der Waals surface area contributed by atoms with E-state index in [-0.39, 0.29) is 17.6 Å². The van der Waals surface area contributed by atoms with E-state index < -0.39 is 5.97 Å². The van der Waals surface area contributed by atoms with Gasteiger partial charge in [-0.25, -0.2) is 9.97 Å². The molecule has 1 saturated heterocycles. The molecule has 2 aliphatic rings. The summed E-state index contributed by atoms with van der Waals surface area (Å²) in [6.07, 6.45) is 4.32. The van der Waals surface area contributed by atoms with E-state index in [0.29, 0.717) is 53.7 Å². The molecule has 4 N–H and O–H groups in total. The molecule has 0 saturated carbocycles. The van der Waals surface area contributed by atoms with Gasteiger partial charge in [-0.3, -0.25) is 19.5 Å². The summed E-state index contributed by atoms with van der Waals surface area (Å²) in [6, 6.07) is 15.0. The number of aromatic nitrogens is 4. The average Bonchev–Trinajstić information content (AvgIpc) is 3.36. The Bertz CT molecular complexity index is 2030. The number of hydrogen-bond donors (Lipinski definition) is 4. The highest BCUT2D eigenvalue weighted by molar-refractivity contribution is 6.03. The van der Waals surface area contributed by atoms with Gasteiger partial charge in [0.15, 0.2) is 11.6 Å². The molecule has 12 nitrogen and oxygen atoms in total. The summed E-state index contributed by atoms with van der Waals surface area (Å²) in [7, 11) is 3.93. The van der Waals surface area contributed by atoms with Crippen LogP contribution >= 0.6 is 0 Å². The first kappa shape index (κ1) is 30.3. The average molecular weight is 633 g/mol. The van der Waals surface area contributed by atoms with Crippen molar-refractivity contribution in [2.45, 2.75) is 26.4 Å². The first-order chi connectivity index (χ1) is 22.7. The van der Waals surface area contributed by atoms with E-state index in [9.17, 15) is 14.7 Å². The van der Waals surface area contributed by atoms with Gasteiger partial charge in [-0.05, 0) is 54.9 Å². The molecule has 5 heterocycles. The molecular weight excluding hydrogens is 596 g/mol. The van der Waals surface area contributed by atoms with Crippen molar-refractivity contribution in [3.8, 4) is 16.9 Å². The summed E-state index contributed by atoms with van der Waals surface area (Å²) in [4.78, 5) is 42.6. The number of rotatable bonds is 8. The second kappa shape index (κ2) is 12.1. The molecule has 0 bridgehead atoms. The number of carbonyl (C=O) groups is 2. The van der Waals surface area contributed by atoms with E-state index in [2.05, 4.69) is 35.4 Å². The fraction of sp³-hybridized carbons (Fsp3) is 0.286. The second-order valence-electron chi connectivity index (χ2n) is 12.4. The Kier molecular flexibility index (Phi) is 7.82. The molecule has 0 spiro atoms. The largest absolute Gasteiger partial charge is 0.505 e. The Hall–Kier alpha value is -5.33. The molecule has 0 atom stereocenters. The van der Waals surface area contributed by atoms with Gasteiger partial charge in [-0.1, -0.05) is 24.3 Å². The SMILES string of the molecule is Cc1c(NC(=O)c2nc3c(n2C)CCN(C)C3)cccc1-c1cccc(Nc2nccc3cc(CN4CC(C(=O)O)C4)cnc23)c1O. The molecule has 47 heavy (non-hydrogen) atoms. The van der Waals surface area contributed by atoms with Gasteiger partial charge in [0.2, 0.25) is 0 Å². The van der Waals surface area contributed by atoms with E-state index in [1.165, 1.54) is 0 Å². The van der Waals surface area contributed by atoms with Crippen LogP contribution < -0.4 is 10.6 Å². The lowest BCUT2D eigenvalue weighted by Gasteiger charge is -2.36. The molecule has 0 aliphatic carbocycles. The predicted octanol–water partition coefficient (Wildman–Crippen LogP) is 4.54. The van der Waals surface area contributed by atoms with Crippen LogP contribution in [-0.2, 0) is 31.4 Å². The van der Waals surface area contributed by atoms with Crippen molar-refractivity contribution in [2.24, 2.45) is 13.0 Å². The number of phenolic OH excluding ortho intramolecular Hbond substituents is 1.